The highest BCUT2D eigenvalue weighted by molar-refractivity contribution is 6.30. The van der Waals surface area contributed by atoms with E-state index < -0.39 is 5.97 Å². The largest absolute Gasteiger partial charge is 0.482 e. The van der Waals surface area contributed by atoms with Crippen LogP contribution in [0.25, 0.3) is 0 Å². The van der Waals surface area contributed by atoms with Gasteiger partial charge in [0.25, 0.3) is 0 Å². The van der Waals surface area contributed by atoms with Crippen molar-refractivity contribution in [2.75, 3.05) is 19.7 Å². The second-order valence-electron chi connectivity index (χ2n) is 7.64. The molecule has 1 aromatic carbocycles. The van der Waals surface area contributed by atoms with Crippen LogP contribution in [0, 0.1) is 0 Å². The molecule has 2 aliphatic rings. The number of halogens is 1. The Morgan fingerprint density at radius 1 is 1.41 bits per heavy atom. The minimum Gasteiger partial charge on any atom is -0.482 e. The number of hydrogen-bond donors (Lipinski definition) is 2. The molecule has 0 saturated carbocycles. The molecule has 6 nitrogen and oxygen atoms in total. The Bertz CT molecular complexity index is 660. The fourth-order valence-electron chi connectivity index (χ4n) is 4.15. The number of piperidine rings is 1. The van der Waals surface area contributed by atoms with Crippen LogP contribution in [0.3, 0.4) is 0 Å². The molecule has 0 aromatic heterocycles. The van der Waals surface area contributed by atoms with E-state index in [2.05, 4.69) is 11.8 Å². The van der Waals surface area contributed by atoms with Crippen molar-refractivity contribution < 1.29 is 24.5 Å². The highest BCUT2D eigenvalue weighted by Gasteiger charge is 2.42. The molecule has 0 radical (unpaired) electrons. The summed E-state index contributed by atoms with van der Waals surface area (Å²) in [5.74, 6) is -0.452. The summed E-state index contributed by atoms with van der Waals surface area (Å²) in [4.78, 5) is 13.1. The lowest BCUT2D eigenvalue weighted by atomic mass is 9.81. The van der Waals surface area contributed by atoms with Gasteiger partial charge in [0.1, 0.15) is 5.75 Å². The molecule has 2 N–H and O–H groups in total. The number of carbonyl (C=O) groups is 1. The van der Waals surface area contributed by atoms with Crippen molar-refractivity contribution >= 4 is 17.6 Å². The van der Waals surface area contributed by atoms with Crippen LogP contribution in [0.2, 0.25) is 5.02 Å². The van der Waals surface area contributed by atoms with Gasteiger partial charge in [-0.05, 0) is 43.9 Å². The minimum absolute atomic E-state index is 0.143. The fourth-order valence-corrected chi connectivity index (χ4v) is 4.34. The van der Waals surface area contributed by atoms with Crippen LogP contribution in [0.4, 0.5) is 0 Å². The lowest BCUT2D eigenvalue weighted by molar-refractivity contribution is -0.182. The number of ether oxygens (including phenoxy) is 2. The van der Waals surface area contributed by atoms with Gasteiger partial charge in [0.05, 0.1) is 17.8 Å². The second-order valence-corrected chi connectivity index (χ2v) is 8.07. The Morgan fingerprint density at radius 3 is 2.81 bits per heavy atom. The van der Waals surface area contributed by atoms with Crippen LogP contribution in [-0.2, 0) is 16.1 Å². The Morgan fingerprint density at radius 2 is 2.15 bits per heavy atom. The zero-order chi connectivity index (χ0) is 19.4. The third kappa shape index (κ3) is 5.35. The second kappa shape index (κ2) is 8.78. The SMILES string of the molecule is CC[C@H]1C[C@@H](O)CC2(CCN(Cc3cc(Cl)ccc3OCC(=O)O)CC2)O1. The molecule has 150 valence electrons. The van der Waals surface area contributed by atoms with E-state index in [1.54, 1.807) is 12.1 Å². The van der Waals surface area contributed by atoms with E-state index in [9.17, 15) is 9.90 Å². The molecule has 7 heteroatoms. The van der Waals surface area contributed by atoms with Crippen LogP contribution in [0.1, 0.15) is 44.6 Å². The van der Waals surface area contributed by atoms with Crippen molar-refractivity contribution in [3.8, 4) is 5.75 Å². The molecule has 1 aromatic rings. The molecule has 3 rings (SSSR count). The number of aliphatic hydroxyl groups is 1. The molecule has 2 atom stereocenters. The number of benzene rings is 1. The average Bonchev–Trinajstić information content (AvgIpc) is 2.62. The summed E-state index contributed by atoms with van der Waals surface area (Å²) in [5, 5.41) is 19.7. The zero-order valence-electron chi connectivity index (χ0n) is 15.7. The molecule has 2 fully saturated rings. The summed E-state index contributed by atoms with van der Waals surface area (Å²) < 4.78 is 11.7. The molecule has 1 spiro atoms. The van der Waals surface area contributed by atoms with Gasteiger partial charge in [-0.1, -0.05) is 18.5 Å². The zero-order valence-corrected chi connectivity index (χ0v) is 16.5. The summed E-state index contributed by atoms with van der Waals surface area (Å²) in [6.07, 6.45) is 3.99. The Labute approximate surface area is 165 Å². The molecule has 2 heterocycles. The first-order chi connectivity index (χ1) is 12.9. The van der Waals surface area contributed by atoms with Crippen molar-refractivity contribution in [3.63, 3.8) is 0 Å². The van der Waals surface area contributed by atoms with E-state index in [1.165, 1.54) is 0 Å². The molecular weight excluding hydrogens is 370 g/mol. The Balaban J connectivity index is 1.62. The van der Waals surface area contributed by atoms with E-state index >= 15 is 0 Å². The molecule has 0 amide bonds. The van der Waals surface area contributed by atoms with Crippen molar-refractivity contribution in [2.24, 2.45) is 0 Å². The van der Waals surface area contributed by atoms with Crippen molar-refractivity contribution in [3.05, 3.63) is 28.8 Å². The van der Waals surface area contributed by atoms with Gasteiger partial charge in [0, 0.05) is 36.6 Å². The quantitative estimate of drug-likeness (QED) is 0.767. The van der Waals surface area contributed by atoms with Gasteiger partial charge in [0.2, 0.25) is 0 Å². The standard InChI is InChI=1S/C20H28ClNO5/c1-2-17-10-16(23)11-20(27-17)5-7-22(8-6-20)12-14-9-15(21)3-4-18(14)26-13-19(24)25/h3-4,9,16-17,23H,2,5-8,10-13H2,1H3,(H,24,25)/t16-,17+/m1/s1. The predicted octanol–water partition coefficient (Wildman–Crippen LogP) is 3.09. The molecule has 0 bridgehead atoms. The normalized spacial score (nSPS) is 25.4. The number of carboxylic acids is 1. The monoisotopic (exact) mass is 397 g/mol. The van der Waals surface area contributed by atoms with Crippen LogP contribution in [0.15, 0.2) is 18.2 Å². The first-order valence-electron chi connectivity index (χ1n) is 9.60. The molecule has 27 heavy (non-hydrogen) atoms. The highest BCUT2D eigenvalue weighted by Crippen LogP contribution is 2.39. The number of rotatable bonds is 6. The summed E-state index contributed by atoms with van der Waals surface area (Å²) in [6.45, 7) is 4.08. The summed E-state index contributed by atoms with van der Waals surface area (Å²) >= 11 is 6.12. The van der Waals surface area contributed by atoms with Gasteiger partial charge >= 0.3 is 5.97 Å². The first kappa shape index (κ1) is 20.4. The number of likely N-dealkylation sites (tertiary alicyclic amines) is 1. The van der Waals surface area contributed by atoms with Gasteiger partial charge in [-0.15, -0.1) is 0 Å². The number of carboxylic acid groups (broad SMARTS) is 1. The lowest BCUT2D eigenvalue weighted by Crippen LogP contribution is -2.52. The lowest BCUT2D eigenvalue weighted by Gasteiger charge is -2.48. The Hall–Kier alpha value is -1.34. The molecule has 2 saturated heterocycles. The fraction of sp³-hybridized carbons (Fsp3) is 0.650. The predicted molar refractivity (Wildman–Crippen MR) is 102 cm³/mol. The van der Waals surface area contributed by atoms with Gasteiger partial charge in [-0.3, -0.25) is 4.90 Å². The van der Waals surface area contributed by atoms with Crippen LogP contribution in [-0.4, -0.2) is 58.6 Å². The number of hydrogen-bond acceptors (Lipinski definition) is 5. The maximum atomic E-state index is 10.8. The van der Waals surface area contributed by atoms with Crippen LogP contribution in [0.5, 0.6) is 5.75 Å². The maximum absolute atomic E-state index is 10.8. The number of aliphatic carboxylic acids is 1. The average molecular weight is 398 g/mol. The van der Waals surface area contributed by atoms with E-state index in [1.807, 2.05) is 6.07 Å². The van der Waals surface area contributed by atoms with Crippen LogP contribution >= 0.6 is 11.6 Å². The van der Waals surface area contributed by atoms with Crippen molar-refractivity contribution in [1.29, 1.82) is 0 Å². The summed E-state index contributed by atoms with van der Waals surface area (Å²) in [7, 11) is 0. The molecular formula is C20H28ClNO5. The number of aliphatic hydroxyl groups excluding tert-OH is 1. The summed E-state index contributed by atoms with van der Waals surface area (Å²) in [6, 6.07) is 5.26. The first-order valence-corrected chi connectivity index (χ1v) is 9.98. The smallest absolute Gasteiger partial charge is 0.341 e. The van der Waals surface area contributed by atoms with E-state index in [0.717, 1.165) is 44.3 Å². The maximum Gasteiger partial charge on any atom is 0.341 e. The number of nitrogens with zero attached hydrogens (tertiary/aromatic N) is 1. The Kier molecular flexibility index (Phi) is 6.63. The third-order valence-corrected chi connectivity index (χ3v) is 5.78. The molecule has 0 aliphatic carbocycles. The van der Waals surface area contributed by atoms with E-state index in [4.69, 9.17) is 26.2 Å². The van der Waals surface area contributed by atoms with Crippen LogP contribution < -0.4 is 4.74 Å². The molecule has 2 aliphatic heterocycles. The third-order valence-electron chi connectivity index (χ3n) is 5.55. The van der Waals surface area contributed by atoms with E-state index in [-0.39, 0.29) is 24.4 Å². The van der Waals surface area contributed by atoms with Gasteiger partial charge in [-0.2, -0.15) is 0 Å². The topological polar surface area (TPSA) is 79.2 Å². The minimum atomic E-state index is -1.01. The van der Waals surface area contributed by atoms with Gasteiger partial charge < -0.3 is 19.7 Å². The summed E-state index contributed by atoms with van der Waals surface area (Å²) in [5.41, 5.74) is 0.668. The van der Waals surface area contributed by atoms with Crippen molar-refractivity contribution in [2.45, 2.75) is 63.4 Å². The van der Waals surface area contributed by atoms with E-state index in [0.29, 0.717) is 23.7 Å². The molecule has 0 unspecified atom stereocenters. The van der Waals surface area contributed by atoms with Crippen molar-refractivity contribution in [1.82, 2.24) is 4.90 Å². The van der Waals surface area contributed by atoms with Gasteiger partial charge in [0.15, 0.2) is 6.61 Å². The highest BCUT2D eigenvalue weighted by atomic mass is 35.5. The van der Waals surface area contributed by atoms with Gasteiger partial charge in [-0.25, -0.2) is 4.79 Å².